The summed E-state index contributed by atoms with van der Waals surface area (Å²) in [7, 11) is 0. The van der Waals surface area contributed by atoms with Crippen molar-refractivity contribution in [3.63, 3.8) is 0 Å². The fraction of sp³-hybridized carbons (Fsp3) is 0.158. The molecule has 0 aliphatic rings. The van der Waals surface area contributed by atoms with Crippen molar-refractivity contribution in [3.8, 4) is 5.75 Å². The highest BCUT2D eigenvalue weighted by Gasteiger charge is 2.15. The van der Waals surface area contributed by atoms with Crippen LogP contribution in [0.1, 0.15) is 19.4 Å². The van der Waals surface area contributed by atoms with E-state index in [0.717, 1.165) is 5.56 Å². The van der Waals surface area contributed by atoms with E-state index >= 15 is 0 Å². The minimum Gasteiger partial charge on any atom is -0.490 e. The van der Waals surface area contributed by atoms with Crippen LogP contribution >= 0.6 is 11.6 Å². The Morgan fingerprint density at radius 3 is 2.48 bits per heavy atom. The third-order valence-corrected chi connectivity index (χ3v) is 3.47. The summed E-state index contributed by atoms with van der Waals surface area (Å²) in [6, 6.07) is 14.3. The van der Waals surface area contributed by atoms with Crippen LogP contribution in [0.3, 0.4) is 0 Å². The van der Waals surface area contributed by atoms with E-state index in [0.29, 0.717) is 23.1 Å². The van der Waals surface area contributed by atoms with E-state index in [2.05, 4.69) is 10.6 Å². The Morgan fingerprint density at radius 1 is 1.12 bits per heavy atom. The zero-order chi connectivity index (χ0) is 18.2. The molecule has 0 bridgehead atoms. The minimum atomic E-state index is -0.470. The van der Waals surface area contributed by atoms with E-state index in [1.807, 2.05) is 37.3 Å². The van der Waals surface area contributed by atoms with Gasteiger partial charge in [-0.25, -0.2) is 0 Å². The highest BCUT2D eigenvalue weighted by Crippen LogP contribution is 2.33. The van der Waals surface area contributed by atoms with Crippen LogP contribution in [0.2, 0.25) is 5.02 Å². The molecule has 0 aromatic heterocycles. The van der Waals surface area contributed by atoms with Crippen LogP contribution in [-0.4, -0.2) is 18.4 Å². The monoisotopic (exact) mass is 358 g/mol. The number of hydrogen-bond donors (Lipinski definition) is 2. The fourth-order valence-electron chi connectivity index (χ4n) is 2.15. The Kier molecular flexibility index (Phi) is 6.60. The molecule has 0 fully saturated rings. The van der Waals surface area contributed by atoms with Crippen LogP contribution in [0.4, 0.5) is 5.69 Å². The van der Waals surface area contributed by atoms with E-state index in [4.69, 9.17) is 16.3 Å². The minimum absolute atomic E-state index is 0.126. The molecule has 0 spiro atoms. The molecule has 0 unspecified atom stereocenters. The van der Waals surface area contributed by atoms with Crippen LogP contribution in [0.25, 0.3) is 6.08 Å². The molecule has 0 radical (unpaired) electrons. The van der Waals surface area contributed by atoms with Gasteiger partial charge in [0.15, 0.2) is 5.75 Å². The van der Waals surface area contributed by atoms with Gasteiger partial charge in [-0.05, 0) is 30.7 Å². The van der Waals surface area contributed by atoms with E-state index in [1.165, 1.54) is 6.92 Å². The summed E-state index contributed by atoms with van der Waals surface area (Å²) < 4.78 is 5.49. The van der Waals surface area contributed by atoms with Gasteiger partial charge in [0.05, 0.1) is 17.3 Å². The highest BCUT2D eigenvalue weighted by atomic mass is 35.5. The number of carbonyl (C=O) groups excluding carboxylic acids is 2. The molecule has 2 aromatic rings. The van der Waals surface area contributed by atoms with Crippen molar-refractivity contribution >= 4 is 35.2 Å². The summed E-state index contributed by atoms with van der Waals surface area (Å²) in [5.41, 5.74) is 1.35. The van der Waals surface area contributed by atoms with Crippen molar-refractivity contribution in [3.05, 3.63) is 64.8 Å². The largest absolute Gasteiger partial charge is 0.490 e. The lowest BCUT2D eigenvalue weighted by Crippen LogP contribution is -2.29. The molecule has 2 N–H and O–H groups in total. The molecule has 25 heavy (non-hydrogen) atoms. The van der Waals surface area contributed by atoms with Crippen molar-refractivity contribution in [2.75, 3.05) is 11.9 Å². The lowest BCUT2D eigenvalue weighted by molar-refractivity contribution is -0.120. The van der Waals surface area contributed by atoms with Crippen molar-refractivity contribution in [2.45, 2.75) is 13.8 Å². The van der Waals surface area contributed by atoms with E-state index in [9.17, 15) is 9.59 Å². The van der Waals surface area contributed by atoms with Gasteiger partial charge >= 0.3 is 0 Å². The number of rotatable bonds is 6. The van der Waals surface area contributed by atoms with E-state index in [1.54, 1.807) is 24.3 Å². The summed E-state index contributed by atoms with van der Waals surface area (Å²) in [6.07, 6.45) is 1.60. The van der Waals surface area contributed by atoms with Gasteiger partial charge < -0.3 is 15.4 Å². The summed E-state index contributed by atoms with van der Waals surface area (Å²) in [5, 5.41) is 5.68. The first-order valence-electron chi connectivity index (χ1n) is 7.78. The van der Waals surface area contributed by atoms with Crippen molar-refractivity contribution in [1.82, 2.24) is 5.32 Å². The first-order valence-corrected chi connectivity index (χ1v) is 8.16. The van der Waals surface area contributed by atoms with E-state index < -0.39 is 5.91 Å². The Balaban J connectivity index is 2.31. The van der Waals surface area contributed by atoms with Gasteiger partial charge in [0, 0.05) is 6.92 Å². The Hall–Kier alpha value is -2.79. The Morgan fingerprint density at radius 2 is 1.84 bits per heavy atom. The quantitative estimate of drug-likeness (QED) is 0.770. The number of benzene rings is 2. The molecule has 5 nitrogen and oxygen atoms in total. The average Bonchev–Trinajstić information content (AvgIpc) is 2.58. The molecular formula is C19H19ClN2O3. The van der Waals surface area contributed by atoms with Gasteiger partial charge in [-0.3, -0.25) is 9.59 Å². The standard InChI is InChI=1S/C19H19ClN2O3/c1-3-25-18-15(20)10-7-11-16(18)22-19(24)17(21-13(2)23)12-14-8-5-4-6-9-14/h4-12H,3H2,1-2H3,(H,21,23)(H,22,24)/b17-12+. The third-order valence-electron chi connectivity index (χ3n) is 3.17. The number of amides is 2. The molecule has 0 saturated carbocycles. The Bertz CT molecular complexity index is 789. The smallest absolute Gasteiger partial charge is 0.272 e. The van der Waals surface area contributed by atoms with Crippen molar-refractivity contribution < 1.29 is 14.3 Å². The first-order chi connectivity index (χ1) is 12.0. The van der Waals surface area contributed by atoms with Crippen LogP contribution in [0.5, 0.6) is 5.75 Å². The molecule has 0 heterocycles. The van der Waals surface area contributed by atoms with Gasteiger partial charge in [-0.1, -0.05) is 48.0 Å². The van der Waals surface area contributed by atoms with Crippen LogP contribution in [0, 0.1) is 0 Å². The zero-order valence-corrected chi connectivity index (χ0v) is 14.8. The molecule has 0 saturated heterocycles. The number of nitrogens with one attached hydrogen (secondary N) is 2. The van der Waals surface area contributed by atoms with Crippen LogP contribution < -0.4 is 15.4 Å². The summed E-state index contributed by atoms with van der Waals surface area (Å²) in [4.78, 5) is 24.1. The normalized spacial score (nSPS) is 10.9. The average molecular weight is 359 g/mol. The maximum Gasteiger partial charge on any atom is 0.272 e. The maximum atomic E-state index is 12.6. The maximum absolute atomic E-state index is 12.6. The van der Waals surface area contributed by atoms with Crippen molar-refractivity contribution in [2.24, 2.45) is 0 Å². The molecule has 2 aromatic carbocycles. The number of halogens is 1. The zero-order valence-electron chi connectivity index (χ0n) is 14.0. The number of ether oxygens (including phenoxy) is 1. The second kappa shape index (κ2) is 8.89. The number of anilines is 1. The first kappa shape index (κ1) is 18.5. The fourth-order valence-corrected chi connectivity index (χ4v) is 2.38. The van der Waals surface area contributed by atoms with Gasteiger partial charge in [0.1, 0.15) is 5.70 Å². The van der Waals surface area contributed by atoms with Gasteiger partial charge in [-0.2, -0.15) is 0 Å². The lowest BCUT2D eigenvalue weighted by atomic mass is 10.2. The number of para-hydroxylation sites is 1. The molecule has 0 aliphatic carbocycles. The summed E-state index contributed by atoms with van der Waals surface area (Å²) in [6.45, 7) is 3.58. The second-order valence-electron chi connectivity index (χ2n) is 5.15. The van der Waals surface area contributed by atoms with E-state index in [-0.39, 0.29) is 11.6 Å². The molecule has 0 atom stereocenters. The summed E-state index contributed by atoms with van der Waals surface area (Å²) in [5.74, 6) is -0.419. The second-order valence-corrected chi connectivity index (χ2v) is 5.56. The third kappa shape index (κ3) is 5.36. The predicted octanol–water partition coefficient (Wildman–Crippen LogP) is 3.85. The van der Waals surface area contributed by atoms with Crippen LogP contribution in [-0.2, 0) is 9.59 Å². The van der Waals surface area contributed by atoms with Gasteiger partial charge in [0.2, 0.25) is 5.91 Å². The predicted molar refractivity (Wildman–Crippen MR) is 99.5 cm³/mol. The SMILES string of the molecule is CCOc1c(Cl)cccc1NC(=O)/C(=C\c1ccccc1)NC(C)=O. The topological polar surface area (TPSA) is 67.4 Å². The molecule has 2 amide bonds. The Labute approximate surface area is 151 Å². The van der Waals surface area contributed by atoms with Gasteiger partial charge in [0.25, 0.3) is 5.91 Å². The molecule has 2 rings (SSSR count). The van der Waals surface area contributed by atoms with Gasteiger partial charge in [-0.15, -0.1) is 0 Å². The molecule has 6 heteroatoms. The lowest BCUT2D eigenvalue weighted by Gasteiger charge is -2.14. The van der Waals surface area contributed by atoms with Crippen molar-refractivity contribution in [1.29, 1.82) is 0 Å². The molecular weight excluding hydrogens is 340 g/mol. The number of carbonyl (C=O) groups is 2. The highest BCUT2D eigenvalue weighted by molar-refractivity contribution is 6.32. The molecule has 130 valence electrons. The van der Waals surface area contributed by atoms with Crippen LogP contribution in [0.15, 0.2) is 54.2 Å². The molecule has 0 aliphatic heterocycles. The summed E-state index contributed by atoms with van der Waals surface area (Å²) >= 11 is 6.12. The number of hydrogen-bond acceptors (Lipinski definition) is 3.